The summed E-state index contributed by atoms with van der Waals surface area (Å²) < 4.78 is 0. The van der Waals surface area contributed by atoms with Crippen LogP contribution in [0.1, 0.15) is 89.9 Å². The molecule has 0 unspecified atom stereocenters. The summed E-state index contributed by atoms with van der Waals surface area (Å²) in [7, 11) is 0. The Bertz CT molecular complexity index is 217. The minimum Gasteiger partial charge on any atom is -0.0533 e. The first kappa shape index (κ1) is 13.0. The molecule has 103 valence electrons. The predicted octanol–water partition coefficient (Wildman–Crippen LogP) is 5.91. The van der Waals surface area contributed by atoms with Crippen LogP contribution in [0.4, 0.5) is 0 Å². The van der Waals surface area contributed by atoms with E-state index in [4.69, 9.17) is 0 Å². The van der Waals surface area contributed by atoms with E-state index >= 15 is 0 Å². The van der Waals surface area contributed by atoms with Crippen LogP contribution in [0.5, 0.6) is 0 Å². The van der Waals surface area contributed by atoms with Gasteiger partial charge >= 0.3 is 0 Å². The maximum atomic E-state index is 2.84. The zero-order valence-electron chi connectivity index (χ0n) is 12.1. The van der Waals surface area contributed by atoms with Gasteiger partial charge in [-0.05, 0) is 62.2 Å². The lowest BCUT2D eigenvalue weighted by Gasteiger charge is -2.51. The van der Waals surface area contributed by atoms with Gasteiger partial charge in [0.1, 0.15) is 0 Å². The molecule has 0 aromatic heterocycles. The van der Waals surface area contributed by atoms with E-state index in [1.54, 1.807) is 32.1 Å². The van der Waals surface area contributed by atoms with Crippen LogP contribution in [0.3, 0.4) is 0 Å². The summed E-state index contributed by atoms with van der Waals surface area (Å²) in [4.78, 5) is 0. The van der Waals surface area contributed by atoms with Crippen LogP contribution in [0.2, 0.25) is 0 Å². The van der Waals surface area contributed by atoms with Crippen molar-refractivity contribution in [1.29, 1.82) is 0 Å². The number of rotatable bonds is 2. The maximum absolute atomic E-state index is 2.84. The molecule has 18 heavy (non-hydrogen) atoms. The van der Waals surface area contributed by atoms with E-state index in [1.165, 1.54) is 57.8 Å². The van der Waals surface area contributed by atoms with E-state index in [0.29, 0.717) is 5.41 Å². The van der Waals surface area contributed by atoms with Crippen molar-refractivity contribution in [2.24, 2.45) is 17.3 Å². The minimum absolute atomic E-state index is 0.694. The summed E-state index contributed by atoms with van der Waals surface area (Å²) in [5, 5.41) is 0. The second kappa shape index (κ2) is 5.97. The van der Waals surface area contributed by atoms with Crippen LogP contribution in [-0.4, -0.2) is 0 Å². The summed E-state index contributed by atoms with van der Waals surface area (Å²) in [6.07, 6.45) is 24.1. The molecule has 0 aromatic carbocycles. The molecule has 1 radical (unpaired) electrons. The molecule has 0 heterocycles. The molecule has 0 nitrogen and oxygen atoms in total. The topological polar surface area (TPSA) is 0 Å². The average molecular weight is 247 g/mol. The Kier molecular flexibility index (Phi) is 4.31. The first-order valence-electron chi connectivity index (χ1n) is 8.76. The standard InChI is InChI=1S/C18H31/c1-4-10-16(11-5-1)18(14-8-3-9-15-18)17-12-6-2-7-13-17/h14,16-17H,1-13,15H2. The van der Waals surface area contributed by atoms with Crippen molar-refractivity contribution in [3.05, 3.63) is 6.42 Å². The van der Waals surface area contributed by atoms with E-state index in [9.17, 15) is 0 Å². The molecule has 3 aliphatic rings. The molecule has 3 fully saturated rings. The Morgan fingerprint density at radius 1 is 0.611 bits per heavy atom. The van der Waals surface area contributed by atoms with Crippen LogP contribution in [-0.2, 0) is 0 Å². The zero-order chi connectivity index (χ0) is 12.3. The largest absolute Gasteiger partial charge is 0.0533 e. The Labute approximate surface area is 114 Å². The van der Waals surface area contributed by atoms with Gasteiger partial charge in [0.05, 0.1) is 0 Å². The Morgan fingerprint density at radius 3 is 1.61 bits per heavy atom. The molecule has 0 bridgehead atoms. The molecule has 0 amide bonds. The van der Waals surface area contributed by atoms with Crippen LogP contribution < -0.4 is 0 Å². The maximum Gasteiger partial charge on any atom is -0.0210 e. The van der Waals surface area contributed by atoms with Gasteiger partial charge < -0.3 is 0 Å². The third-order valence-corrected chi connectivity index (χ3v) is 6.32. The van der Waals surface area contributed by atoms with Gasteiger partial charge in [-0.1, -0.05) is 51.4 Å². The van der Waals surface area contributed by atoms with Gasteiger partial charge in [0.25, 0.3) is 0 Å². The SMILES string of the molecule is [CH]1CCCCC1(C1CCCCC1)C1CCCCC1. The number of hydrogen-bond donors (Lipinski definition) is 0. The van der Waals surface area contributed by atoms with Crippen molar-refractivity contribution in [3.8, 4) is 0 Å². The van der Waals surface area contributed by atoms with Crippen LogP contribution in [0.15, 0.2) is 0 Å². The molecule has 0 aromatic rings. The third kappa shape index (κ3) is 2.49. The Morgan fingerprint density at radius 2 is 1.17 bits per heavy atom. The third-order valence-electron chi connectivity index (χ3n) is 6.32. The van der Waals surface area contributed by atoms with Crippen molar-refractivity contribution in [1.82, 2.24) is 0 Å². The highest BCUT2D eigenvalue weighted by Gasteiger charge is 2.45. The molecule has 3 aliphatic carbocycles. The molecule has 3 rings (SSSR count). The molecule has 0 heteroatoms. The summed E-state index contributed by atoms with van der Waals surface area (Å²) in [6, 6.07) is 0. The van der Waals surface area contributed by atoms with Crippen LogP contribution in [0, 0.1) is 23.7 Å². The van der Waals surface area contributed by atoms with Crippen molar-refractivity contribution in [3.63, 3.8) is 0 Å². The van der Waals surface area contributed by atoms with E-state index < -0.39 is 0 Å². The van der Waals surface area contributed by atoms with Gasteiger partial charge in [0, 0.05) is 0 Å². The second-order valence-electron chi connectivity index (χ2n) is 7.23. The van der Waals surface area contributed by atoms with Crippen LogP contribution >= 0.6 is 0 Å². The lowest BCUT2D eigenvalue weighted by atomic mass is 9.53. The summed E-state index contributed by atoms with van der Waals surface area (Å²) >= 11 is 0. The van der Waals surface area contributed by atoms with Crippen molar-refractivity contribution in [2.75, 3.05) is 0 Å². The summed E-state index contributed by atoms with van der Waals surface area (Å²) in [5.74, 6) is 2.13. The molecule has 0 atom stereocenters. The van der Waals surface area contributed by atoms with Crippen molar-refractivity contribution in [2.45, 2.75) is 89.9 Å². The van der Waals surface area contributed by atoms with E-state index in [-0.39, 0.29) is 0 Å². The molecule has 0 spiro atoms. The highest BCUT2D eigenvalue weighted by molar-refractivity contribution is 5.04. The molecule has 0 aliphatic heterocycles. The highest BCUT2D eigenvalue weighted by atomic mass is 14.5. The van der Waals surface area contributed by atoms with E-state index in [0.717, 1.165) is 11.8 Å². The van der Waals surface area contributed by atoms with Gasteiger partial charge in [-0.25, -0.2) is 0 Å². The first-order chi connectivity index (χ1) is 8.92. The van der Waals surface area contributed by atoms with Crippen molar-refractivity contribution >= 4 is 0 Å². The van der Waals surface area contributed by atoms with Gasteiger partial charge in [-0.2, -0.15) is 0 Å². The quantitative estimate of drug-likeness (QED) is 0.569. The number of hydrogen-bond acceptors (Lipinski definition) is 0. The molecule has 0 saturated heterocycles. The lowest BCUT2D eigenvalue weighted by Crippen LogP contribution is -2.42. The fraction of sp³-hybridized carbons (Fsp3) is 0.944. The molecule has 0 N–H and O–H groups in total. The first-order valence-corrected chi connectivity index (χ1v) is 8.76. The predicted molar refractivity (Wildman–Crippen MR) is 78.4 cm³/mol. The lowest BCUT2D eigenvalue weighted by molar-refractivity contribution is 0.0287. The second-order valence-corrected chi connectivity index (χ2v) is 7.23. The van der Waals surface area contributed by atoms with Crippen molar-refractivity contribution < 1.29 is 0 Å². The smallest absolute Gasteiger partial charge is 0.0210 e. The fourth-order valence-electron chi connectivity index (χ4n) is 5.40. The highest BCUT2D eigenvalue weighted by Crippen LogP contribution is 2.55. The summed E-state index contributed by atoms with van der Waals surface area (Å²) in [6.45, 7) is 0. The minimum atomic E-state index is 0.694. The van der Waals surface area contributed by atoms with Gasteiger partial charge in [-0.3, -0.25) is 0 Å². The Hall–Kier alpha value is 0. The monoisotopic (exact) mass is 247 g/mol. The van der Waals surface area contributed by atoms with Gasteiger partial charge in [0.15, 0.2) is 0 Å². The average Bonchev–Trinajstić information content (AvgIpc) is 2.50. The van der Waals surface area contributed by atoms with E-state index in [2.05, 4.69) is 6.42 Å². The van der Waals surface area contributed by atoms with Gasteiger partial charge in [0.2, 0.25) is 0 Å². The normalized spacial score (nSPS) is 31.3. The van der Waals surface area contributed by atoms with Gasteiger partial charge in [-0.15, -0.1) is 0 Å². The fourth-order valence-corrected chi connectivity index (χ4v) is 5.40. The van der Waals surface area contributed by atoms with E-state index in [1.807, 2.05) is 0 Å². The summed E-state index contributed by atoms with van der Waals surface area (Å²) in [5.41, 5.74) is 0.694. The zero-order valence-corrected chi connectivity index (χ0v) is 12.1. The Balaban J connectivity index is 1.77. The molecule has 3 saturated carbocycles. The van der Waals surface area contributed by atoms with Crippen LogP contribution in [0.25, 0.3) is 0 Å². The molecular weight excluding hydrogens is 216 g/mol. The molecular formula is C18H31.